The van der Waals surface area contributed by atoms with Crippen LogP contribution < -0.4 is 0 Å². The summed E-state index contributed by atoms with van der Waals surface area (Å²) in [6, 6.07) is 2.00. The summed E-state index contributed by atoms with van der Waals surface area (Å²) in [5.74, 6) is -1.28. The molecular weight excluding hydrogens is 174 g/mol. The molecule has 0 heterocycles. The van der Waals surface area contributed by atoms with E-state index in [1.54, 1.807) is 13.8 Å². The molecule has 1 aromatic carbocycles. The Kier molecular flexibility index (Phi) is 2.76. The summed E-state index contributed by atoms with van der Waals surface area (Å²) in [7, 11) is 0. The second-order valence-corrected chi connectivity index (χ2v) is 3.17. The van der Waals surface area contributed by atoms with Gasteiger partial charge in [0.1, 0.15) is 11.6 Å². The van der Waals surface area contributed by atoms with E-state index < -0.39 is 11.6 Å². The highest BCUT2D eigenvalue weighted by Crippen LogP contribution is 2.21. The van der Waals surface area contributed by atoms with Crippen LogP contribution in [-0.2, 0) is 0 Å². The molecule has 13 heavy (non-hydrogen) atoms. The van der Waals surface area contributed by atoms with Crippen LogP contribution in [0.4, 0.5) is 8.78 Å². The Morgan fingerprint density at radius 1 is 1.23 bits per heavy atom. The lowest BCUT2D eigenvalue weighted by atomic mass is 10.0. The molecule has 0 aliphatic rings. The van der Waals surface area contributed by atoms with Gasteiger partial charge in [0.15, 0.2) is 6.29 Å². The third kappa shape index (κ3) is 1.91. The van der Waals surface area contributed by atoms with Crippen LogP contribution in [0.2, 0.25) is 0 Å². The number of hydrogen-bond acceptors (Lipinski definition) is 1. The third-order valence-electron chi connectivity index (χ3n) is 1.86. The maximum atomic E-state index is 13.1. The van der Waals surface area contributed by atoms with Crippen molar-refractivity contribution >= 4 is 6.29 Å². The molecule has 0 aromatic heterocycles. The lowest BCUT2D eigenvalue weighted by Gasteiger charge is -2.07. The SMILES string of the molecule is CC(C)c1cc(F)c(C=O)cc1F. The highest BCUT2D eigenvalue weighted by atomic mass is 19.1. The van der Waals surface area contributed by atoms with Crippen LogP contribution in [0.5, 0.6) is 0 Å². The van der Waals surface area contributed by atoms with Crippen molar-refractivity contribution in [2.45, 2.75) is 19.8 Å². The van der Waals surface area contributed by atoms with Gasteiger partial charge >= 0.3 is 0 Å². The Labute approximate surface area is 75.4 Å². The predicted molar refractivity (Wildman–Crippen MR) is 45.8 cm³/mol. The predicted octanol–water partition coefficient (Wildman–Crippen LogP) is 2.90. The number of benzene rings is 1. The van der Waals surface area contributed by atoms with E-state index in [-0.39, 0.29) is 11.5 Å². The fourth-order valence-corrected chi connectivity index (χ4v) is 1.11. The first kappa shape index (κ1) is 9.84. The summed E-state index contributed by atoms with van der Waals surface area (Å²) >= 11 is 0. The van der Waals surface area contributed by atoms with Crippen LogP contribution in [0, 0.1) is 11.6 Å². The molecule has 1 rings (SSSR count). The smallest absolute Gasteiger partial charge is 0.153 e. The number of hydrogen-bond donors (Lipinski definition) is 0. The van der Waals surface area contributed by atoms with E-state index in [1.807, 2.05) is 0 Å². The van der Waals surface area contributed by atoms with Crippen LogP contribution in [0.3, 0.4) is 0 Å². The zero-order valence-electron chi connectivity index (χ0n) is 7.47. The lowest BCUT2D eigenvalue weighted by Crippen LogP contribution is -1.98. The first-order valence-electron chi connectivity index (χ1n) is 4.00. The number of halogens is 2. The Bertz CT molecular complexity index is 332. The van der Waals surface area contributed by atoms with Crippen molar-refractivity contribution in [2.24, 2.45) is 0 Å². The van der Waals surface area contributed by atoms with Gasteiger partial charge in [-0.3, -0.25) is 4.79 Å². The van der Waals surface area contributed by atoms with E-state index in [2.05, 4.69) is 0 Å². The van der Waals surface area contributed by atoms with E-state index in [0.717, 1.165) is 12.1 Å². The molecular formula is C10H10F2O. The van der Waals surface area contributed by atoms with Crippen molar-refractivity contribution in [3.63, 3.8) is 0 Å². The highest BCUT2D eigenvalue weighted by molar-refractivity contribution is 5.75. The van der Waals surface area contributed by atoms with Gasteiger partial charge in [0.25, 0.3) is 0 Å². The van der Waals surface area contributed by atoms with Crippen LogP contribution in [0.25, 0.3) is 0 Å². The van der Waals surface area contributed by atoms with Crippen LogP contribution in [-0.4, -0.2) is 6.29 Å². The minimum atomic E-state index is -0.667. The van der Waals surface area contributed by atoms with E-state index in [9.17, 15) is 13.6 Å². The van der Waals surface area contributed by atoms with Gasteiger partial charge in [0.05, 0.1) is 5.56 Å². The maximum Gasteiger partial charge on any atom is 0.153 e. The summed E-state index contributed by atoms with van der Waals surface area (Å²) in [6.45, 7) is 3.52. The van der Waals surface area contributed by atoms with E-state index in [4.69, 9.17) is 0 Å². The van der Waals surface area contributed by atoms with Gasteiger partial charge < -0.3 is 0 Å². The van der Waals surface area contributed by atoms with Crippen molar-refractivity contribution in [2.75, 3.05) is 0 Å². The first-order valence-corrected chi connectivity index (χ1v) is 4.00. The van der Waals surface area contributed by atoms with Crippen molar-refractivity contribution in [3.05, 3.63) is 34.9 Å². The van der Waals surface area contributed by atoms with Gasteiger partial charge in [-0.05, 0) is 23.6 Å². The molecule has 0 amide bonds. The van der Waals surface area contributed by atoms with Gasteiger partial charge in [-0.2, -0.15) is 0 Å². The van der Waals surface area contributed by atoms with E-state index in [1.165, 1.54) is 0 Å². The van der Waals surface area contributed by atoms with Crippen LogP contribution in [0.1, 0.15) is 35.7 Å². The molecule has 0 spiro atoms. The quantitative estimate of drug-likeness (QED) is 0.646. The van der Waals surface area contributed by atoms with Crippen molar-refractivity contribution < 1.29 is 13.6 Å². The molecule has 3 heteroatoms. The zero-order chi connectivity index (χ0) is 10.0. The van der Waals surface area contributed by atoms with Gasteiger partial charge in [0.2, 0.25) is 0 Å². The first-order chi connectivity index (χ1) is 6.06. The van der Waals surface area contributed by atoms with Crippen molar-refractivity contribution in [1.82, 2.24) is 0 Å². The molecule has 1 nitrogen and oxygen atoms in total. The normalized spacial score (nSPS) is 10.5. The minimum Gasteiger partial charge on any atom is -0.298 e. The molecule has 0 aliphatic heterocycles. The Hall–Kier alpha value is -1.25. The molecule has 1 aromatic rings. The summed E-state index contributed by atoms with van der Waals surface area (Å²) in [6.07, 6.45) is 0.308. The molecule has 0 N–H and O–H groups in total. The molecule has 0 saturated heterocycles. The van der Waals surface area contributed by atoms with Gasteiger partial charge in [-0.15, -0.1) is 0 Å². The molecule has 0 bridgehead atoms. The number of carbonyl (C=O) groups is 1. The summed E-state index contributed by atoms with van der Waals surface area (Å²) in [5.41, 5.74) is 0.0602. The Balaban J connectivity index is 3.28. The topological polar surface area (TPSA) is 17.1 Å². The average molecular weight is 184 g/mol. The summed E-state index contributed by atoms with van der Waals surface area (Å²) < 4.78 is 26.1. The summed E-state index contributed by atoms with van der Waals surface area (Å²) in [4.78, 5) is 10.3. The van der Waals surface area contributed by atoms with Crippen LogP contribution in [0.15, 0.2) is 12.1 Å². The molecule has 0 fully saturated rings. The molecule has 70 valence electrons. The number of carbonyl (C=O) groups excluding carboxylic acids is 1. The molecule has 0 aliphatic carbocycles. The average Bonchev–Trinajstić information content (AvgIpc) is 2.07. The second kappa shape index (κ2) is 3.64. The van der Waals surface area contributed by atoms with Crippen LogP contribution >= 0.6 is 0 Å². The molecule has 0 radical (unpaired) electrons. The molecule has 0 unspecified atom stereocenters. The second-order valence-electron chi connectivity index (χ2n) is 3.17. The Morgan fingerprint density at radius 2 is 1.85 bits per heavy atom. The largest absolute Gasteiger partial charge is 0.298 e. The highest BCUT2D eigenvalue weighted by Gasteiger charge is 2.11. The van der Waals surface area contributed by atoms with Gasteiger partial charge in [-0.1, -0.05) is 13.8 Å². The third-order valence-corrected chi connectivity index (χ3v) is 1.86. The van der Waals surface area contributed by atoms with Crippen molar-refractivity contribution in [3.8, 4) is 0 Å². The minimum absolute atomic E-state index is 0.0878. The van der Waals surface area contributed by atoms with Gasteiger partial charge in [0, 0.05) is 0 Å². The zero-order valence-corrected chi connectivity index (χ0v) is 7.47. The molecule has 0 saturated carbocycles. The van der Waals surface area contributed by atoms with E-state index in [0.29, 0.717) is 11.8 Å². The monoisotopic (exact) mass is 184 g/mol. The fourth-order valence-electron chi connectivity index (χ4n) is 1.11. The van der Waals surface area contributed by atoms with Crippen molar-refractivity contribution in [1.29, 1.82) is 0 Å². The maximum absolute atomic E-state index is 13.1. The number of rotatable bonds is 2. The fraction of sp³-hybridized carbons (Fsp3) is 0.300. The molecule has 0 atom stereocenters. The van der Waals surface area contributed by atoms with Gasteiger partial charge in [-0.25, -0.2) is 8.78 Å². The standard InChI is InChI=1S/C10H10F2O/c1-6(2)8-4-9(11)7(5-13)3-10(8)12/h3-6H,1-2H3. The lowest BCUT2D eigenvalue weighted by molar-refractivity contribution is 0.111. The van der Waals surface area contributed by atoms with E-state index >= 15 is 0 Å². The Morgan fingerprint density at radius 3 is 2.31 bits per heavy atom. The summed E-state index contributed by atoms with van der Waals surface area (Å²) in [5, 5.41) is 0. The number of aldehydes is 1.